The van der Waals surface area contributed by atoms with Crippen molar-refractivity contribution in [1.29, 1.82) is 0 Å². The fraction of sp³-hybridized carbons (Fsp3) is 0.565. The summed E-state index contributed by atoms with van der Waals surface area (Å²) >= 11 is 0. The zero-order chi connectivity index (χ0) is 45.1. The van der Waals surface area contributed by atoms with Gasteiger partial charge in [-0.2, -0.15) is 0 Å². The molecule has 14 nitrogen and oxygen atoms in total. The highest BCUT2D eigenvalue weighted by Crippen LogP contribution is 2.43. The number of carbonyl (C=O) groups is 4. The van der Waals surface area contributed by atoms with E-state index in [0.717, 1.165) is 57.5 Å². The molecule has 4 aliphatic rings. The average Bonchev–Trinajstić information content (AvgIpc) is 3.97. The third kappa shape index (κ3) is 9.58. The molecule has 4 heterocycles. The van der Waals surface area contributed by atoms with Crippen molar-refractivity contribution in [3.05, 3.63) is 48.5 Å². The van der Waals surface area contributed by atoms with E-state index in [1.54, 1.807) is 55.4 Å². The third-order valence-corrected chi connectivity index (χ3v) is 11.8. The summed E-state index contributed by atoms with van der Waals surface area (Å²) in [4.78, 5) is 56.3. The number of alkyl halides is 2. The molecule has 0 saturated carbocycles. The van der Waals surface area contributed by atoms with Crippen molar-refractivity contribution < 1.29 is 37.4 Å². The van der Waals surface area contributed by atoms with Crippen LogP contribution in [0.1, 0.15) is 88.5 Å². The third-order valence-electron chi connectivity index (χ3n) is 11.8. The molecule has 16 heteroatoms. The molecule has 2 unspecified atom stereocenters. The Morgan fingerprint density at radius 2 is 1.23 bits per heavy atom. The summed E-state index contributed by atoms with van der Waals surface area (Å²) in [7, 11) is 0. The van der Waals surface area contributed by atoms with Crippen LogP contribution in [0.5, 0.6) is 0 Å². The van der Waals surface area contributed by atoms with Gasteiger partial charge in [0.15, 0.2) is 0 Å². The van der Waals surface area contributed by atoms with Gasteiger partial charge < -0.3 is 51.2 Å². The Labute approximate surface area is 362 Å². The Balaban J connectivity index is 1.04. The zero-order valence-electron chi connectivity index (χ0n) is 37.4. The van der Waals surface area contributed by atoms with E-state index >= 15 is 8.78 Å². The van der Waals surface area contributed by atoms with Crippen molar-refractivity contribution in [1.82, 2.24) is 20.4 Å². The van der Waals surface area contributed by atoms with Gasteiger partial charge in [0.2, 0.25) is 11.8 Å². The van der Waals surface area contributed by atoms with Crippen LogP contribution in [0.4, 0.5) is 41.1 Å². The normalized spacial score (nSPS) is 22.5. The minimum Gasteiger partial charge on any atom is -0.444 e. The first-order valence-corrected chi connectivity index (χ1v) is 21.7. The Kier molecular flexibility index (Phi) is 11.9. The summed E-state index contributed by atoms with van der Waals surface area (Å²) in [5.74, 6) is -4.35. The van der Waals surface area contributed by atoms with Gasteiger partial charge in [0.1, 0.15) is 35.6 Å². The minimum atomic E-state index is -3.11. The number of hydrogen-bond acceptors (Lipinski definition) is 10. The van der Waals surface area contributed by atoms with Crippen molar-refractivity contribution >= 4 is 57.5 Å². The maximum Gasteiger partial charge on any atom is 0.408 e. The number of likely N-dealkylation sites (tertiary alicyclic amines) is 2. The molecule has 0 spiro atoms. The molecule has 0 bridgehead atoms. The van der Waals surface area contributed by atoms with Gasteiger partial charge in [-0.25, -0.2) is 18.4 Å². The van der Waals surface area contributed by atoms with Gasteiger partial charge in [-0.15, -0.1) is 0 Å². The zero-order valence-corrected chi connectivity index (χ0v) is 37.4. The summed E-state index contributed by atoms with van der Waals surface area (Å²) < 4.78 is 41.1. The smallest absolute Gasteiger partial charge is 0.408 e. The lowest BCUT2D eigenvalue weighted by Gasteiger charge is -2.34. The highest BCUT2D eigenvalue weighted by Gasteiger charge is 2.52. The Morgan fingerprint density at radius 1 is 0.694 bits per heavy atom. The van der Waals surface area contributed by atoms with Crippen molar-refractivity contribution in [2.24, 2.45) is 11.8 Å². The average molecular weight is 861 g/mol. The van der Waals surface area contributed by atoms with Crippen LogP contribution in [0.3, 0.4) is 0 Å². The molecule has 4 aliphatic heterocycles. The molecule has 0 aromatic heterocycles. The first-order valence-electron chi connectivity index (χ1n) is 21.7. The first-order chi connectivity index (χ1) is 29.0. The van der Waals surface area contributed by atoms with Crippen molar-refractivity contribution in [3.8, 4) is 11.1 Å². The van der Waals surface area contributed by atoms with Gasteiger partial charge in [-0.05, 0) is 107 Å². The monoisotopic (exact) mass is 860 g/mol. The van der Waals surface area contributed by atoms with E-state index in [0.29, 0.717) is 6.54 Å². The number of amides is 4. The molecule has 6 N–H and O–H groups in total. The van der Waals surface area contributed by atoms with Gasteiger partial charge in [-0.1, -0.05) is 52.0 Å². The van der Waals surface area contributed by atoms with Gasteiger partial charge in [-0.3, -0.25) is 9.59 Å². The molecule has 3 aromatic rings. The van der Waals surface area contributed by atoms with E-state index < -0.39 is 72.5 Å². The van der Waals surface area contributed by atoms with Crippen LogP contribution in [-0.4, -0.2) is 101 Å². The Morgan fingerprint density at radius 3 is 1.84 bits per heavy atom. The van der Waals surface area contributed by atoms with E-state index in [4.69, 9.17) is 9.47 Å². The SMILES string of the molecule is CC(C)[C@H](NC(=O)OC(C)(C)C)C(=O)N1CC(F)(F)C[C@H]1C1Nc2ccc(-c3ccc4c5c(ccc4c3)NC([C@@H]3CCCN3C(=O)[C@@H](NC(=O)OC(C)(C)C)C(C)C)N5)cc2N1. The quantitative estimate of drug-likeness (QED) is 0.124. The summed E-state index contributed by atoms with van der Waals surface area (Å²) in [6.45, 7) is 17.7. The number of benzene rings is 3. The summed E-state index contributed by atoms with van der Waals surface area (Å²) in [6, 6.07) is 13.3. The van der Waals surface area contributed by atoms with Gasteiger partial charge in [0.25, 0.3) is 5.92 Å². The topological polar surface area (TPSA) is 165 Å². The van der Waals surface area contributed by atoms with Crippen LogP contribution in [0.25, 0.3) is 21.9 Å². The predicted molar refractivity (Wildman–Crippen MR) is 237 cm³/mol. The van der Waals surface area contributed by atoms with Crippen molar-refractivity contribution in [2.75, 3.05) is 34.4 Å². The van der Waals surface area contributed by atoms with Crippen molar-refractivity contribution in [2.45, 2.75) is 142 Å². The number of fused-ring (bicyclic) bond motifs is 4. The van der Waals surface area contributed by atoms with Gasteiger partial charge >= 0.3 is 12.2 Å². The van der Waals surface area contributed by atoms with E-state index in [9.17, 15) is 19.2 Å². The molecule has 4 amide bonds. The van der Waals surface area contributed by atoms with Gasteiger partial charge in [0.05, 0.1) is 41.4 Å². The molecule has 2 saturated heterocycles. The second-order valence-corrected chi connectivity index (χ2v) is 19.8. The van der Waals surface area contributed by atoms with Crippen LogP contribution in [-0.2, 0) is 19.1 Å². The fourth-order valence-corrected chi connectivity index (χ4v) is 8.92. The molecule has 7 rings (SSSR count). The predicted octanol–water partition coefficient (Wildman–Crippen LogP) is 8.16. The number of carbonyl (C=O) groups excluding carboxylic acids is 4. The molecular formula is C46H62F2N8O6. The molecule has 0 radical (unpaired) electrons. The fourth-order valence-electron chi connectivity index (χ4n) is 8.92. The highest BCUT2D eigenvalue weighted by molar-refractivity contribution is 6.04. The maximum atomic E-state index is 15.1. The van der Waals surface area contributed by atoms with E-state index in [-0.39, 0.29) is 30.0 Å². The summed E-state index contributed by atoms with van der Waals surface area (Å²) in [6.07, 6.45) is -1.22. The molecular weight excluding hydrogens is 799 g/mol. The molecule has 2 fully saturated rings. The van der Waals surface area contributed by atoms with Crippen LogP contribution < -0.4 is 31.9 Å². The number of ether oxygens (including phenoxy) is 2. The van der Waals surface area contributed by atoms with E-state index in [1.807, 2.05) is 49.1 Å². The first kappa shape index (κ1) is 44.5. The van der Waals surface area contributed by atoms with Crippen molar-refractivity contribution in [3.63, 3.8) is 0 Å². The molecule has 62 heavy (non-hydrogen) atoms. The largest absolute Gasteiger partial charge is 0.444 e. The van der Waals surface area contributed by atoms with E-state index in [1.165, 1.54) is 4.90 Å². The van der Waals surface area contributed by atoms with Crippen LogP contribution in [0.15, 0.2) is 48.5 Å². The summed E-state index contributed by atoms with van der Waals surface area (Å²) in [5.41, 5.74) is 3.72. The molecule has 336 valence electrons. The Bertz CT molecular complexity index is 2220. The van der Waals surface area contributed by atoms with E-state index in [2.05, 4.69) is 50.1 Å². The number of rotatable bonds is 9. The number of halogens is 2. The standard InChI is InChI=1S/C46H62F2N8O6/c1-24(2)35(53-42(59)61-44(5,6)7)40(57)55-19-11-12-33(55)38-50-31-18-15-28-20-26(13-16-29(28)37(31)52-38)27-14-17-30-32(21-27)51-39(49-30)34-22-46(47,48)23-56(34)41(58)36(25(3)4)54-43(60)62-45(8,9)10/h13-18,20-21,24-25,33-36,38-39,49-52H,11-12,19,22-23H2,1-10H3,(H,53,59)(H,54,60)/t33-,34-,35-,36-,38?,39?/m0/s1. The number of alkyl carbamates (subject to hydrolysis) is 2. The van der Waals surface area contributed by atoms with Crippen LogP contribution in [0, 0.1) is 11.8 Å². The second-order valence-electron chi connectivity index (χ2n) is 19.8. The molecule has 3 aromatic carbocycles. The number of hydrogen-bond donors (Lipinski definition) is 6. The lowest BCUT2D eigenvalue weighted by atomic mass is 9.99. The minimum absolute atomic E-state index is 0.132. The van der Waals surface area contributed by atoms with Gasteiger partial charge in [0, 0.05) is 18.4 Å². The Hall–Kier alpha value is -5.54. The van der Waals surface area contributed by atoms with Crippen LogP contribution in [0.2, 0.25) is 0 Å². The lowest BCUT2D eigenvalue weighted by molar-refractivity contribution is -0.137. The van der Waals surface area contributed by atoms with Crippen LogP contribution >= 0.6 is 0 Å². The number of nitrogens with zero attached hydrogens (tertiary/aromatic N) is 2. The molecule has 6 atom stereocenters. The second kappa shape index (κ2) is 16.6. The molecule has 0 aliphatic carbocycles. The number of nitrogens with one attached hydrogen (secondary N) is 6. The summed E-state index contributed by atoms with van der Waals surface area (Å²) in [5, 5.41) is 21.4. The lowest BCUT2D eigenvalue weighted by Crippen LogP contribution is -2.56. The highest BCUT2D eigenvalue weighted by atomic mass is 19.3. The number of anilines is 4. The maximum absolute atomic E-state index is 15.1.